The molecule has 3 heterocycles. The van der Waals surface area contributed by atoms with Crippen LogP contribution in [0.2, 0.25) is 0 Å². The van der Waals surface area contributed by atoms with Gasteiger partial charge in [0.15, 0.2) is 11.3 Å². The molecule has 1 N–H and O–H groups in total. The maximum absolute atomic E-state index is 12.9. The fourth-order valence-electron chi connectivity index (χ4n) is 5.12. The second-order valence-corrected chi connectivity index (χ2v) is 8.78. The Morgan fingerprint density at radius 2 is 1.81 bits per heavy atom. The number of hydrogen-bond donors (Lipinski definition) is 1. The van der Waals surface area contributed by atoms with Gasteiger partial charge in [-0.05, 0) is 32.1 Å². The highest BCUT2D eigenvalue weighted by molar-refractivity contribution is 5.79. The zero-order valence-corrected chi connectivity index (χ0v) is 18.0. The van der Waals surface area contributed by atoms with E-state index in [9.17, 15) is 9.59 Å². The first-order valence-electron chi connectivity index (χ1n) is 11.5. The van der Waals surface area contributed by atoms with Gasteiger partial charge in [-0.25, -0.2) is 9.50 Å². The quantitative estimate of drug-likeness (QED) is 0.701. The van der Waals surface area contributed by atoms with Crippen LogP contribution in [-0.4, -0.2) is 43.5 Å². The van der Waals surface area contributed by atoms with Crippen molar-refractivity contribution in [2.75, 3.05) is 13.1 Å². The van der Waals surface area contributed by atoms with Crippen molar-refractivity contribution in [3.8, 4) is 11.4 Å². The van der Waals surface area contributed by atoms with Crippen molar-refractivity contribution in [1.82, 2.24) is 24.5 Å². The van der Waals surface area contributed by atoms with E-state index >= 15 is 0 Å². The van der Waals surface area contributed by atoms with Crippen LogP contribution in [0.15, 0.2) is 35.1 Å². The van der Waals surface area contributed by atoms with Gasteiger partial charge < -0.3 is 9.88 Å². The van der Waals surface area contributed by atoms with E-state index in [1.165, 1.54) is 12.8 Å². The van der Waals surface area contributed by atoms with Crippen LogP contribution in [0.3, 0.4) is 0 Å². The Hall–Kier alpha value is -2.96. The number of hydrogen-bond acceptors (Lipinski definition) is 4. The molecule has 0 radical (unpaired) electrons. The van der Waals surface area contributed by atoms with Crippen LogP contribution in [0.1, 0.15) is 62.9 Å². The topological polar surface area (TPSA) is 83.4 Å². The molecule has 2 fully saturated rings. The molecule has 2 aromatic heterocycles. The van der Waals surface area contributed by atoms with E-state index in [2.05, 4.69) is 4.98 Å². The van der Waals surface area contributed by atoms with E-state index in [0.717, 1.165) is 55.9 Å². The Bertz CT molecular complexity index is 1140. The zero-order chi connectivity index (χ0) is 21.4. The number of nitrogens with zero attached hydrogens (tertiary/aromatic N) is 4. The number of likely N-dealkylation sites (tertiary alicyclic amines) is 1. The third kappa shape index (κ3) is 3.66. The summed E-state index contributed by atoms with van der Waals surface area (Å²) in [4.78, 5) is 35.5. The van der Waals surface area contributed by atoms with Gasteiger partial charge in [0.25, 0.3) is 5.56 Å². The van der Waals surface area contributed by atoms with E-state index in [1.807, 2.05) is 42.2 Å². The molecule has 2 aliphatic rings. The van der Waals surface area contributed by atoms with Crippen LogP contribution >= 0.6 is 0 Å². The number of nitrogens with one attached hydrogen (secondary N) is 1. The van der Waals surface area contributed by atoms with Crippen molar-refractivity contribution in [1.29, 1.82) is 0 Å². The predicted molar refractivity (Wildman–Crippen MR) is 119 cm³/mol. The van der Waals surface area contributed by atoms with E-state index < -0.39 is 0 Å². The summed E-state index contributed by atoms with van der Waals surface area (Å²) in [5, 5.41) is 4.79. The monoisotopic (exact) mass is 419 g/mol. The number of aromatic amines is 1. The molecular formula is C24H29N5O2. The minimum atomic E-state index is -0.154. The lowest BCUT2D eigenvalue weighted by Gasteiger charge is -2.33. The normalized spacial score (nSPS) is 18.2. The van der Waals surface area contributed by atoms with Crippen molar-refractivity contribution < 1.29 is 4.79 Å². The number of aromatic nitrogens is 4. The molecule has 1 aliphatic heterocycles. The predicted octanol–water partition coefficient (Wildman–Crippen LogP) is 3.54. The van der Waals surface area contributed by atoms with Crippen molar-refractivity contribution in [2.24, 2.45) is 5.92 Å². The summed E-state index contributed by atoms with van der Waals surface area (Å²) in [5.41, 5.74) is 2.05. The van der Waals surface area contributed by atoms with Crippen molar-refractivity contribution in [3.63, 3.8) is 0 Å². The van der Waals surface area contributed by atoms with Gasteiger partial charge in [0, 0.05) is 30.5 Å². The fraction of sp³-hybridized carbons (Fsp3) is 0.500. The van der Waals surface area contributed by atoms with Crippen LogP contribution in [-0.2, 0) is 11.2 Å². The fourth-order valence-corrected chi connectivity index (χ4v) is 5.12. The Kier molecular flexibility index (Phi) is 5.34. The third-order valence-electron chi connectivity index (χ3n) is 6.86. The summed E-state index contributed by atoms with van der Waals surface area (Å²) >= 11 is 0. The largest absolute Gasteiger partial charge is 0.342 e. The SMILES string of the molecule is CCc1nc(C2CCN(C(=O)C3CCCC3)CC2)n2nc(-c3ccccc3)[nH]c(=O)c12. The van der Waals surface area contributed by atoms with E-state index in [-0.39, 0.29) is 17.4 Å². The number of H-pyrrole nitrogens is 1. The molecule has 1 saturated heterocycles. The molecule has 1 amide bonds. The van der Waals surface area contributed by atoms with Crippen LogP contribution < -0.4 is 5.56 Å². The zero-order valence-electron chi connectivity index (χ0n) is 18.0. The summed E-state index contributed by atoms with van der Waals surface area (Å²) in [7, 11) is 0. The minimum Gasteiger partial charge on any atom is -0.342 e. The Balaban J connectivity index is 1.45. The lowest BCUT2D eigenvalue weighted by molar-refractivity contribution is -0.136. The van der Waals surface area contributed by atoms with Crippen LogP contribution in [0, 0.1) is 5.92 Å². The van der Waals surface area contributed by atoms with Gasteiger partial charge in [-0.3, -0.25) is 9.59 Å². The molecule has 5 rings (SSSR count). The maximum atomic E-state index is 12.9. The summed E-state index contributed by atoms with van der Waals surface area (Å²) in [6.07, 6.45) is 6.83. The van der Waals surface area contributed by atoms with Gasteiger partial charge in [-0.1, -0.05) is 50.1 Å². The molecule has 31 heavy (non-hydrogen) atoms. The highest BCUT2D eigenvalue weighted by atomic mass is 16.2. The molecule has 0 unspecified atom stereocenters. The summed E-state index contributed by atoms with van der Waals surface area (Å²) in [5.74, 6) is 2.15. The van der Waals surface area contributed by atoms with Gasteiger partial charge in [-0.2, -0.15) is 0 Å². The van der Waals surface area contributed by atoms with Gasteiger partial charge in [0.1, 0.15) is 5.82 Å². The average molecular weight is 420 g/mol. The molecule has 7 nitrogen and oxygen atoms in total. The number of benzene rings is 1. The number of aryl methyl sites for hydroxylation is 1. The minimum absolute atomic E-state index is 0.154. The van der Waals surface area contributed by atoms with E-state index in [4.69, 9.17) is 10.1 Å². The standard InChI is InChI=1S/C24H29N5O2/c1-2-19-20-23(30)26-21(16-8-4-3-5-9-16)27-29(20)22(25-19)17-12-14-28(15-13-17)24(31)18-10-6-7-11-18/h3-5,8-9,17-18H,2,6-7,10-15H2,1H3,(H,26,27,30). The third-order valence-corrected chi connectivity index (χ3v) is 6.86. The average Bonchev–Trinajstić information content (AvgIpc) is 3.48. The number of carbonyl (C=O) groups is 1. The second kappa shape index (κ2) is 8.29. The molecule has 0 bridgehead atoms. The van der Waals surface area contributed by atoms with Gasteiger partial charge in [-0.15, -0.1) is 5.10 Å². The molecule has 3 aromatic rings. The summed E-state index contributed by atoms with van der Waals surface area (Å²) in [6.45, 7) is 3.52. The number of rotatable bonds is 4. The van der Waals surface area contributed by atoms with Crippen LogP contribution in [0.5, 0.6) is 0 Å². The van der Waals surface area contributed by atoms with Crippen molar-refractivity contribution in [2.45, 2.75) is 57.8 Å². The number of piperidine rings is 1. The Morgan fingerprint density at radius 1 is 1.10 bits per heavy atom. The maximum Gasteiger partial charge on any atom is 0.277 e. The number of imidazole rings is 1. The molecular weight excluding hydrogens is 390 g/mol. The Labute approximate surface area is 181 Å². The lowest BCUT2D eigenvalue weighted by Crippen LogP contribution is -2.41. The van der Waals surface area contributed by atoms with Crippen LogP contribution in [0.25, 0.3) is 16.9 Å². The smallest absolute Gasteiger partial charge is 0.277 e. The van der Waals surface area contributed by atoms with Gasteiger partial charge >= 0.3 is 0 Å². The lowest BCUT2D eigenvalue weighted by atomic mass is 9.94. The van der Waals surface area contributed by atoms with Crippen molar-refractivity contribution in [3.05, 3.63) is 52.2 Å². The molecule has 7 heteroatoms. The molecule has 1 saturated carbocycles. The molecule has 1 aromatic carbocycles. The summed E-state index contributed by atoms with van der Waals surface area (Å²) < 4.78 is 1.76. The number of fused-ring (bicyclic) bond motifs is 1. The van der Waals surface area contributed by atoms with Gasteiger partial charge in [0.05, 0.1) is 5.69 Å². The van der Waals surface area contributed by atoms with E-state index in [0.29, 0.717) is 23.7 Å². The molecule has 1 aliphatic carbocycles. The first-order chi connectivity index (χ1) is 15.2. The summed E-state index contributed by atoms with van der Waals surface area (Å²) in [6, 6.07) is 9.69. The van der Waals surface area contributed by atoms with E-state index in [1.54, 1.807) is 4.52 Å². The first kappa shape index (κ1) is 20.0. The molecule has 0 spiro atoms. The van der Waals surface area contributed by atoms with Crippen molar-refractivity contribution >= 4 is 11.4 Å². The van der Waals surface area contributed by atoms with Gasteiger partial charge in [0.2, 0.25) is 5.91 Å². The second-order valence-electron chi connectivity index (χ2n) is 8.78. The highest BCUT2D eigenvalue weighted by Crippen LogP contribution is 2.32. The number of amides is 1. The highest BCUT2D eigenvalue weighted by Gasteiger charge is 2.32. The number of carbonyl (C=O) groups excluding carboxylic acids is 1. The Morgan fingerprint density at radius 3 is 2.48 bits per heavy atom. The molecule has 162 valence electrons. The first-order valence-corrected chi connectivity index (χ1v) is 11.5. The van der Waals surface area contributed by atoms with Crippen LogP contribution in [0.4, 0.5) is 0 Å². The molecule has 0 atom stereocenters.